The van der Waals surface area contributed by atoms with Gasteiger partial charge in [-0.05, 0) is 81.5 Å². The monoisotopic (exact) mass is 519 g/mol. The van der Waals surface area contributed by atoms with E-state index in [9.17, 15) is 22.4 Å². The Labute approximate surface area is 214 Å². The number of hydrogen-bond donors (Lipinski definition) is 1. The molecule has 2 rings (SSSR count). The minimum absolute atomic E-state index is 0.0381. The fourth-order valence-electron chi connectivity index (χ4n) is 3.93. The highest BCUT2D eigenvalue weighted by Gasteiger charge is 2.27. The maximum atomic E-state index is 13.4. The Morgan fingerprint density at radius 2 is 1.61 bits per heavy atom. The van der Waals surface area contributed by atoms with Gasteiger partial charge in [0.25, 0.3) is 0 Å². The summed E-state index contributed by atoms with van der Waals surface area (Å²) in [4.78, 5) is 27.6. The highest BCUT2D eigenvalue weighted by atomic mass is 32.2. The van der Waals surface area contributed by atoms with Crippen molar-refractivity contribution in [3.8, 4) is 0 Å². The van der Waals surface area contributed by atoms with Crippen molar-refractivity contribution in [2.24, 2.45) is 0 Å². The number of benzene rings is 2. The second kappa shape index (κ2) is 12.9. The second-order valence-electron chi connectivity index (χ2n) is 9.43. The topological polar surface area (TPSA) is 86.8 Å². The molecule has 36 heavy (non-hydrogen) atoms. The van der Waals surface area contributed by atoms with Crippen molar-refractivity contribution < 1.29 is 22.4 Å². The van der Waals surface area contributed by atoms with E-state index in [2.05, 4.69) is 5.32 Å². The lowest BCUT2D eigenvalue weighted by Gasteiger charge is -2.30. The van der Waals surface area contributed by atoms with E-state index in [1.165, 1.54) is 21.3 Å². The van der Waals surface area contributed by atoms with Crippen LogP contribution in [0.4, 0.5) is 10.1 Å². The average molecular weight is 520 g/mol. The summed E-state index contributed by atoms with van der Waals surface area (Å²) >= 11 is 0. The number of anilines is 1. The van der Waals surface area contributed by atoms with Crippen LogP contribution in [0.1, 0.15) is 56.7 Å². The lowest BCUT2D eigenvalue weighted by Crippen LogP contribution is -2.49. The van der Waals surface area contributed by atoms with Gasteiger partial charge in [-0.1, -0.05) is 25.1 Å². The lowest BCUT2D eigenvalue weighted by atomic mass is 10.1. The van der Waals surface area contributed by atoms with E-state index < -0.39 is 16.1 Å². The Morgan fingerprint density at radius 1 is 1.03 bits per heavy atom. The first-order valence-corrected chi connectivity index (χ1v) is 14.1. The zero-order chi connectivity index (χ0) is 27.0. The first-order valence-electron chi connectivity index (χ1n) is 12.2. The summed E-state index contributed by atoms with van der Waals surface area (Å²) in [6.07, 6.45) is 2.23. The van der Waals surface area contributed by atoms with Crippen LogP contribution >= 0.6 is 0 Å². The van der Waals surface area contributed by atoms with E-state index in [-0.39, 0.29) is 49.6 Å². The van der Waals surface area contributed by atoms with Crippen LogP contribution in [0.5, 0.6) is 0 Å². The Kier molecular flexibility index (Phi) is 10.5. The van der Waals surface area contributed by atoms with Crippen molar-refractivity contribution in [1.82, 2.24) is 10.2 Å². The number of halogens is 1. The summed E-state index contributed by atoms with van der Waals surface area (Å²) in [5.41, 5.74) is 3.15. The maximum absolute atomic E-state index is 13.4. The standard InChI is InChI=1S/C27H38FN3O4S/c1-7-21(4)29-27(33)22(5)30(18-23-10-12-24(28)13-11-23)26(32)9-8-14-31(36(6,34)35)25-16-19(2)15-20(3)17-25/h10-13,15-17,21-22H,7-9,14,18H2,1-6H3,(H,29,33)/t21-,22+/m0/s1. The van der Waals surface area contributed by atoms with Gasteiger partial charge in [0.05, 0.1) is 11.9 Å². The molecule has 0 aromatic heterocycles. The van der Waals surface area contributed by atoms with Gasteiger partial charge in [-0.25, -0.2) is 12.8 Å². The Bertz CT molecular complexity index is 1130. The number of sulfonamides is 1. The lowest BCUT2D eigenvalue weighted by molar-refractivity contribution is -0.140. The molecule has 0 bridgehead atoms. The molecule has 2 aromatic carbocycles. The molecular formula is C27H38FN3O4S. The predicted octanol–water partition coefficient (Wildman–Crippen LogP) is 4.32. The van der Waals surface area contributed by atoms with Gasteiger partial charge in [-0.2, -0.15) is 0 Å². The third-order valence-corrected chi connectivity index (χ3v) is 7.28. The molecule has 0 saturated carbocycles. The molecule has 2 atom stereocenters. The quantitative estimate of drug-likeness (QED) is 0.453. The maximum Gasteiger partial charge on any atom is 0.242 e. The molecular weight excluding hydrogens is 481 g/mol. The zero-order valence-corrected chi connectivity index (χ0v) is 22.9. The van der Waals surface area contributed by atoms with E-state index in [0.29, 0.717) is 11.3 Å². The SMILES string of the molecule is CC[C@H](C)NC(=O)[C@@H](C)N(Cc1ccc(F)cc1)C(=O)CCCN(c1cc(C)cc(C)c1)S(C)(=O)=O. The van der Waals surface area contributed by atoms with Gasteiger partial charge in [0.15, 0.2) is 0 Å². The fourth-order valence-corrected chi connectivity index (χ4v) is 4.88. The summed E-state index contributed by atoms with van der Waals surface area (Å²) in [6, 6.07) is 10.6. The van der Waals surface area contributed by atoms with Crippen molar-refractivity contribution in [1.29, 1.82) is 0 Å². The van der Waals surface area contributed by atoms with Gasteiger partial charge >= 0.3 is 0 Å². The molecule has 0 fully saturated rings. The van der Waals surface area contributed by atoms with Gasteiger partial charge < -0.3 is 10.2 Å². The van der Waals surface area contributed by atoms with Gasteiger partial charge in [0.2, 0.25) is 21.8 Å². The first kappa shape index (κ1) is 29.3. The number of carbonyl (C=O) groups excluding carboxylic acids is 2. The third kappa shape index (κ3) is 8.62. The number of nitrogens with zero attached hydrogens (tertiary/aromatic N) is 2. The second-order valence-corrected chi connectivity index (χ2v) is 11.3. The number of nitrogens with one attached hydrogen (secondary N) is 1. The third-order valence-electron chi connectivity index (χ3n) is 6.08. The van der Waals surface area contributed by atoms with Crippen LogP contribution in [0.25, 0.3) is 0 Å². The van der Waals surface area contributed by atoms with E-state index in [0.717, 1.165) is 23.8 Å². The first-order chi connectivity index (χ1) is 16.8. The van der Waals surface area contributed by atoms with Crippen molar-refractivity contribution in [3.05, 3.63) is 65.0 Å². The van der Waals surface area contributed by atoms with Crippen LogP contribution in [-0.2, 0) is 26.2 Å². The molecule has 198 valence electrons. The highest BCUT2D eigenvalue weighted by Crippen LogP contribution is 2.22. The van der Waals surface area contributed by atoms with Crippen LogP contribution in [0.15, 0.2) is 42.5 Å². The van der Waals surface area contributed by atoms with Crippen LogP contribution in [0, 0.1) is 19.7 Å². The van der Waals surface area contributed by atoms with Gasteiger partial charge in [0, 0.05) is 25.6 Å². The average Bonchev–Trinajstić information content (AvgIpc) is 2.79. The van der Waals surface area contributed by atoms with Crippen LogP contribution < -0.4 is 9.62 Å². The smallest absolute Gasteiger partial charge is 0.242 e. The minimum Gasteiger partial charge on any atom is -0.352 e. The van der Waals surface area contributed by atoms with Gasteiger partial charge in [0.1, 0.15) is 11.9 Å². The van der Waals surface area contributed by atoms with E-state index in [1.807, 2.05) is 33.8 Å². The molecule has 0 spiro atoms. The Hall–Kier alpha value is -2.94. The molecule has 2 amide bonds. The van der Waals surface area contributed by atoms with Crippen LogP contribution in [0.2, 0.25) is 0 Å². The molecule has 0 aliphatic carbocycles. The van der Waals surface area contributed by atoms with E-state index in [1.54, 1.807) is 31.2 Å². The fraction of sp³-hybridized carbons (Fsp3) is 0.481. The van der Waals surface area contributed by atoms with Gasteiger partial charge in [-0.3, -0.25) is 13.9 Å². The van der Waals surface area contributed by atoms with Gasteiger partial charge in [-0.15, -0.1) is 0 Å². The molecule has 0 aliphatic rings. The summed E-state index contributed by atoms with van der Waals surface area (Å²) < 4.78 is 39.7. The number of amides is 2. The number of aryl methyl sites for hydroxylation is 2. The highest BCUT2D eigenvalue weighted by molar-refractivity contribution is 7.92. The molecule has 1 N–H and O–H groups in total. The molecule has 0 radical (unpaired) electrons. The minimum atomic E-state index is -3.56. The summed E-state index contributed by atoms with van der Waals surface area (Å²) in [5.74, 6) is -0.931. The molecule has 0 heterocycles. The van der Waals surface area contributed by atoms with Crippen LogP contribution in [-0.4, -0.2) is 50.0 Å². The number of hydrogen-bond acceptors (Lipinski definition) is 4. The summed E-state index contributed by atoms with van der Waals surface area (Å²) in [7, 11) is -3.56. The summed E-state index contributed by atoms with van der Waals surface area (Å²) in [6.45, 7) is 9.59. The molecule has 0 unspecified atom stereocenters. The number of carbonyl (C=O) groups is 2. The molecule has 9 heteroatoms. The van der Waals surface area contributed by atoms with E-state index in [4.69, 9.17) is 0 Å². The molecule has 2 aromatic rings. The molecule has 0 aliphatic heterocycles. The van der Waals surface area contributed by atoms with Crippen molar-refractivity contribution in [3.63, 3.8) is 0 Å². The normalized spacial score (nSPS) is 13.1. The Balaban J connectivity index is 2.19. The largest absolute Gasteiger partial charge is 0.352 e. The van der Waals surface area contributed by atoms with Crippen molar-refractivity contribution >= 4 is 27.5 Å². The Morgan fingerprint density at radius 3 is 2.14 bits per heavy atom. The predicted molar refractivity (Wildman–Crippen MR) is 142 cm³/mol. The molecule has 0 saturated heterocycles. The molecule has 7 nitrogen and oxygen atoms in total. The zero-order valence-electron chi connectivity index (χ0n) is 22.0. The van der Waals surface area contributed by atoms with Crippen LogP contribution in [0.3, 0.4) is 0 Å². The summed E-state index contributed by atoms with van der Waals surface area (Å²) in [5, 5.41) is 2.91. The van der Waals surface area contributed by atoms with E-state index >= 15 is 0 Å². The van der Waals surface area contributed by atoms with Crippen molar-refractivity contribution in [2.75, 3.05) is 17.1 Å². The van der Waals surface area contributed by atoms with Crippen molar-refractivity contribution in [2.45, 2.75) is 72.5 Å². The number of rotatable bonds is 12.